The summed E-state index contributed by atoms with van der Waals surface area (Å²) in [6.45, 7) is 0. The SMILES string of the molecule is N#Cc1ccc(OC2C=CC(N(O)C(N)=O)C2)cc1. The maximum Gasteiger partial charge on any atom is 0.339 e. The molecule has 0 radical (unpaired) electrons. The van der Waals surface area contributed by atoms with Crippen LogP contribution in [0, 0.1) is 11.3 Å². The molecule has 1 aromatic rings. The van der Waals surface area contributed by atoms with Crippen LogP contribution in [0.1, 0.15) is 12.0 Å². The highest BCUT2D eigenvalue weighted by molar-refractivity contribution is 5.71. The van der Waals surface area contributed by atoms with Crippen LogP contribution in [0.4, 0.5) is 4.79 Å². The Morgan fingerprint density at radius 1 is 1.42 bits per heavy atom. The first-order valence-electron chi connectivity index (χ1n) is 5.73. The van der Waals surface area contributed by atoms with E-state index < -0.39 is 12.1 Å². The summed E-state index contributed by atoms with van der Waals surface area (Å²) < 4.78 is 5.65. The molecule has 98 valence electrons. The monoisotopic (exact) mass is 259 g/mol. The first-order valence-corrected chi connectivity index (χ1v) is 5.73. The minimum atomic E-state index is -0.895. The minimum absolute atomic E-state index is 0.244. The second-order valence-electron chi connectivity index (χ2n) is 4.16. The van der Waals surface area contributed by atoms with Crippen LogP contribution >= 0.6 is 0 Å². The fraction of sp³-hybridized carbons (Fsp3) is 0.231. The van der Waals surface area contributed by atoms with Crippen molar-refractivity contribution in [3.63, 3.8) is 0 Å². The predicted molar refractivity (Wildman–Crippen MR) is 66.3 cm³/mol. The standard InChI is InChI=1S/C13H13N3O3/c14-8-9-1-4-11(5-2-9)19-12-6-3-10(7-12)16(18)13(15)17/h1-6,10,12,18H,7H2,(H2,15,17). The van der Waals surface area contributed by atoms with Crippen molar-refractivity contribution in [1.29, 1.82) is 5.26 Å². The number of benzene rings is 1. The minimum Gasteiger partial charge on any atom is -0.486 e. The van der Waals surface area contributed by atoms with Gasteiger partial charge in [-0.2, -0.15) is 10.3 Å². The molecular weight excluding hydrogens is 246 g/mol. The number of nitrogens with two attached hydrogens (primary N) is 1. The van der Waals surface area contributed by atoms with Gasteiger partial charge < -0.3 is 10.5 Å². The number of nitrogens with zero attached hydrogens (tertiary/aromatic N) is 2. The van der Waals surface area contributed by atoms with Crippen LogP contribution in [-0.2, 0) is 0 Å². The van der Waals surface area contributed by atoms with E-state index in [4.69, 9.17) is 15.7 Å². The number of ether oxygens (including phenoxy) is 1. The third kappa shape index (κ3) is 3.03. The fourth-order valence-corrected chi connectivity index (χ4v) is 1.86. The number of hydrogen-bond donors (Lipinski definition) is 2. The van der Waals surface area contributed by atoms with Crippen LogP contribution in [0.25, 0.3) is 0 Å². The lowest BCUT2D eigenvalue weighted by molar-refractivity contribution is -0.0645. The Hall–Kier alpha value is -2.52. The van der Waals surface area contributed by atoms with Gasteiger partial charge in [0.25, 0.3) is 0 Å². The van der Waals surface area contributed by atoms with E-state index in [2.05, 4.69) is 0 Å². The van der Waals surface area contributed by atoms with Gasteiger partial charge in [-0.1, -0.05) is 6.08 Å². The van der Waals surface area contributed by atoms with Crippen LogP contribution < -0.4 is 10.5 Å². The van der Waals surface area contributed by atoms with Crippen LogP contribution in [-0.4, -0.2) is 28.4 Å². The Kier molecular flexibility index (Phi) is 3.68. The number of carbonyl (C=O) groups is 1. The van der Waals surface area contributed by atoms with Crippen molar-refractivity contribution in [1.82, 2.24) is 5.06 Å². The number of urea groups is 1. The van der Waals surface area contributed by atoms with Crippen LogP contribution in [0.5, 0.6) is 5.75 Å². The summed E-state index contributed by atoms with van der Waals surface area (Å²) in [5.41, 5.74) is 5.54. The smallest absolute Gasteiger partial charge is 0.339 e. The summed E-state index contributed by atoms with van der Waals surface area (Å²) in [5.74, 6) is 0.623. The summed E-state index contributed by atoms with van der Waals surface area (Å²) in [5, 5.41) is 18.6. The summed E-state index contributed by atoms with van der Waals surface area (Å²) in [4.78, 5) is 10.8. The molecule has 2 atom stereocenters. The second-order valence-corrected chi connectivity index (χ2v) is 4.16. The van der Waals surface area contributed by atoms with E-state index in [1.54, 1.807) is 36.4 Å². The lowest BCUT2D eigenvalue weighted by Crippen LogP contribution is -2.40. The molecule has 0 saturated carbocycles. The lowest BCUT2D eigenvalue weighted by Gasteiger charge is -2.20. The van der Waals surface area contributed by atoms with E-state index in [0.717, 1.165) is 0 Å². The Morgan fingerprint density at radius 2 is 2.11 bits per heavy atom. The van der Waals surface area contributed by atoms with E-state index in [1.165, 1.54) is 0 Å². The van der Waals surface area contributed by atoms with Gasteiger partial charge in [-0.3, -0.25) is 5.21 Å². The fourth-order valence-electron chi connectivity index (χ4n) is 1.86. The normalized spacial score (nSPS) is 20.8. The third-order valence-corrected chi connectivity index (χ3v) is 2.83. The first-order chi connectivity index (χ1) is 9.10. The van der Waals surface area contributed by atoms with Gasteiger partial charge >= 0.3 is 6.03 Å². The number of hydrogen-bond acceptors (Lipinski definition) is 4. The predicted octanol–water partition coefficient (Wildman–Crippen LogP) is 1.40. The highest BCUT2D eigenvalue weighted by atomic mass is 16.5. The quantitative estimate of drug-likeness (QED) is 0.487. The Morgan fingerprint density at radius 3 is 2.68 bits per heavy atom. The molecule has 0 aliphatic heterocycles. The van der Waals surface area contributed by atoms with Crippen LogP contribution in [0.2, 0.25) is 0 Å². The molecule has 0 spiro atoms. The molecule has 2 amide bonds. The molecule has 0 saturated heterocycles. The summed E-state index contributed by atoms with van der Waals surface area (Å²) in [6, 6.07) is 7.37. The Bertz CT molecular complexity index is 533. The second kappa shape index (κ2) is 5.42. The van der Waals surface area contributed by atoms with Crippen molar-refractivity contribution < 1.29 is 14.7 Å². The molecule has 0 fully saturated rings. The molecule has 19 heavy (non-hydrogen) atoms. The third-order valence-electron chi connectivity index (χ3n) is 2.83. The van der Waals surface area contributed by atoms with Gasteiger partial charge in [-0.05, 0) is 30.3 Å². The first kappa shape index (κ1) is 12.9. The average molecular weight is 259 g/mol. The van der Waals surface area contributed by atoms with Crippen LogP contribution in [0.3, 0.4) is 0 Å². The number of hydroxylamine groups is 2. The average Bonchev–Trinajstić information content (AvgIpc) is 2.87. The van der Waals surface area contributed by atoms with Crippen molar-refractivity contribution in [2.45, 2.75) is 18.6 Å². The largest absolute Gasteiger partial charge is 0.486 e. The van der Waals surface area contributed by atoms with Gasteiger partial charge in [0.2, 0.25) is 0 Å². The van der Waals surface area contributed by atoms with Gasteiger partial charge in [-0.25, -0.2) is 4.79 Å². The number of carbonyl (C=O) groups excluding carboxylic acids is 1. The van der Waals surface area contributed by atoms with Gasteiger partial charge in [-0.15, -0.1) is 0 Å². The van der Waals surface area contributed by atoms with E-state index in [0.29, 0.717) is 22.8 Å². The number of rotatable bonds is 3. The molecule has 0 bridgehead atoms. The maximum atomic E-state index is 10.8. The highest BCUT2D eigenvalue weighted by Crippen LogP contribution is 2.22. The van der Waals surface area contributed by atoms with Crippen molar-refractivity contribution in [2.75, 3.05) is 0 Å². The molecule has 3 N–H and O–H groups in total. The van der Waals surface area contributed by atoms with Crippen molar-refractivity contribution >= 4 is 6.03 Å². The molecule has 6 nitrogen and oxygen atoms in total. The number of amides is 2. The number of primary amides is 1. The maximum absolute atomic E-state index is 10.8. The molecule has 6 heteroatoms. The van der Waals surface area contributed by atoms with Gasteiger partial charge in [0.15, 0.2) is 0 Å². The zero-order valence-corrected chi connectivity index (χ0v) is 10.1. The molecular formula is C13H13N3O3. The Labute approximate surface area is 110 Å². The van der Waals surface area contributed by atoms with E-state index in [1.807, 2.05) is 6.07 Å². The molecule has 1 aliphatic rings. The van der Waals surface area contributed by atoms with Crippen molar-refractivity contribution in [3.05, 3.63) is 42.0 Å². The molecule has 0 heterocycles. The van der Waals surface area contributed by atoms with E-state index in [9.17, 15) is 10.0 Å². The molecule has 0 aromatic heterocycles. The molecule has 2 rings (SSSR count). The molecule has 2 unspecified atom stereocenters. The highest BCUT2D eigenvalue weighted by Gasteiger charge is 2.26. The number of nitriles is 1. The Balaban J connectivity index is 1.94. The lowest BCUT2D eigenvalue weighted by atomic mass is 10.2. The zero-order chi connectivity index (χ0) is 13.8. The van der Waals surface area contributed by atoms with E-state index in [-0.39, 0.29) is 6.10 Å². The van der Waals surface area contributed by atoms with Crippen LogP contribution in [0.15, 0.2) is 36.4 Å². The van der Waals surface area contributed by atoms with Gasteiger partial charge in [0.05, 0.1) is 17.7 Å². The molecule has 1 aromatic carbocycles. The summed E-state index contributed by atoms with van der Waals surface area (Å²) >= 11 is 0. The topological polar surface area (TPSA) is 99.6 Å². The zero-order valence-electron chi connectivity index (χ0n) is 10.1. The van der Waals surface area contributed by atoms with Crippen molar-refractivity contribution in [2.24, 2.45) is 5.73 Å². The summed E-state index contributed by atoms with van der Waals surface area (Å²) in [6.07, 6.45) is 3.61. The van der Waals surface area contributed by atoms with Gasteiger partial charge in [0, 0.05) is 6.42 Å². The van der Waals surface area contributed by atoms with Crippen molar-refractivity contribution in [3.8, 4) is 11.8 Å². The van der Waals surface area contributed by atoms with Gasteiger partial charge in [0.1, 0.15) is 11.9 Å². The van der Waals surface area contributed by atoms with E-state index >= 15 is 0 Å². The molecule has 1 aliphatic carbocycles. The summed E-state index contributed by atoms with van der Waals surface area (Å²) in [7, 11) is 0.